The standard InChI is InChI=1S/C12H12N8OS/c1-7-14-12(20-17-7)22-6-9(21)15-11-16-10(18-19-11)8-4-2-3-5-13-8/h2-5H,6H2,1H3,(H,14,17,20)(H2,15,16,18,19,21). The van der Waals surface area contributed by atoms with Gasteiger partial charge in [0.05, 0.1) is 5.75 Å². The molecule has 3 N–H and O–H groups in total. The number of rotatable bonds is 5. The van der Waals surface area contributed by atoms with E-state index in [2.05, 4.69) is 40.7 Å². The molecule has 0 aliphatic heterocycles. The number of aromatic nitrogens is 7. The fourth-order valence-corrected chi connectivity index (χ4v) is 2.26. The molecule has 1 amide bonds. The zero-order chi connectivity index (χ0) is 15.4. The van der Waals surface area contributed by atoms with E-state index >= 15 is 0 Å². The van der Waals surface area contributed by atoms with Gasteiger partial charge >= 0.3 is 0 Å². The molecule has 0 bridgehead atoms. The molecule has 3 aromatic rings. The highest BCUT2D eigenvalue weighted by Gasteiger charge is 2.11. The van der Waals surface area contributed by atoms with Crippen LogP contribution < -0.4 is 5.32 Å². The topological polar surface area (TPSA) is 125 Å². The van der Waals surface area contributed by atoms with Gasteiger partial charge in [-0.2, -0.15) is 4.98 Å². The van der Waals surface area contributed by atoms with E-state index in [0.717, 1.165) is 0 Å². The Bertz CT molecular complexity index is 768. The van der Waals surface area contributed by atoms with E-state index < -0.39 is 0 Å². The van der Waals surface area contributed by atoms with Crippen molar-refractivity contribution in [3.8, 4) is 11.5 Å². The third kappa shape index (κ3) is 3.47. The van der Waals surface area contributed by atoms with Crippen LogP contribution in [-0.2, 0) is 4.79 Å². The molecule has 3 aromatic heterocycles. The van der Waals surface area contributed by atoms with Gasteiger partial charge in [-0.05, 0) is 19.1 Å². The molecule has 0 spiro atoms. The molecule has 9 nitrogen and oxygen atoms in total. The number of hydrogen-bond donors (Lipinski definition) is 3. The van der Waals surface area contributed by atoms with Gasteiger partial charge in [0.1, 0.15) is 11.5 Å². The van der Waals surface area contributed by atoms with E-state index in [1.165, 1.54) is 11.8 Å². The smallest absolute Gasteiger partial charge is 0.249 e. The average molecular weight is 316 g/mol. The summed E-state index contributed by atoms with van der Waals surface area (Å²) in [5.74, 6) is 1.34. The summed E-state index contributed by atoms with van der Waals surface area (Å²) in [6.07, 6.45) is 1.66. The van der Waals surface area contributed by atoms with Crippen LogP contribution in [0.5, 0.6) is 0 Å². The van der Waals surface area contributed by atoms with Crippen LogP contribution >= 0.6 is 11.8 Å². The van der Waals surface area contributed by atoms with E-state index in [1.54, 1.807) is 19.2 Å². The number of aromatic amines is 2. The highest BCUT2D eigenvalue weighted by molar-refractivity contribution is 7.99. The zero-order valence-corrected chi connectivity index (χ0v) is 12.4. The second-order valence-corrected chi connectivity index (χ2v) is 5.21. The van der Waals surface area contributed by atoms with Crippen LogP contribution in [-0.4, -0.2) is 47.0 Å². The molecule has 0 fully saturated rings. The van der Waals surface area contributed by atoms with E-state index in [-0.39, 0.29) is 17.6 Å². The minimum absolute atomic E-state index is 0.171. The molecule has 0 saturated carbocycles. The van der Waals surface area contributed by atoms with Crippen molar-refractivity contribution < 1.29 is 4.79 Å². The van der Waals surface area contributed by atoms with Crippen molar-refractivity contribution in [2.45, 2.75) is 12.1 Å². The van der Waals surface area contributed by atoms with Crippen LogP contribution in [0, 0.1) is 6.92 Å². The Kier molecular flexibility index (Phi) is 4.10. The second kappa shape index (κ2) is 6.35. The van der Waals surface area contributed by atoms with Crippen LogP contribution in [0.15, 0.2) is 29.6 Å². The molecular formula is C12H12N8OS. The van der Waals surface area contributed by atoms with Gasteiger partial charge in [0, 0.05) is 6.20 Å². The number of aryl methyl sites for hydroxylation is 1. The minimum atomic E-state index is -0.237. The maximum Gasteiger partial charge on any atom is 0.249 e. The molecule has 0 aliphatic rings. The predicted octanol–water partition coefficient (Wildman–Crippen LogP) is 1.02. The summed E-state index contributed by atoms with van der Waals surface area (Å²) in [5, 5.41) is 16.4. The molecular weight excluding hydrogens is 304 g/mol. The summed E-state index contributed by atoms with van der Waals surface area (Å²) in [7, 11) is 0. The van der Waals surface area contributed by atoms with Crippen molar-refractivity contribution in [2.24, 2.45) is 0 Å². The first-order valence-electron chi connectivity index (χ1n) is 6.36. The van der Waals surface area contributed by atoms with Crippen molar-refractivity contribution in [2.75, 3.05) is 11.1 Å². The summed E-state index contributed by atoms with van der Waals surface area (Å²) in [6.45, 7) is 1.80. The minimum Gasteiger partial charge on any atom is -0.292 e. The number of hydrogen-bond acceptors (Lipinski definition) is 7. The average Bonchev–Trinajstić information content (AvgIpc) is 3.15. The molecule has 0 unspecified atom stereocenters. The number of amides is 1. The molecule has 0 radical (unpaired) electrons. The third-order valence-electron chi connectivity index (χ3n) is 2.55. The first kappa shape index (κ1) is 14.2. The molecule has 0 atom stereocenters. The number of thioether (sulfide) groups is 1. The van der Waals surface area contributed by atoms with Gasteiger partial charge in [0.25, 0.3) is 0 Å². The van der Waals surface area contributed by atoms with Crippen LogP contribution in [0.4, 0.5) is 5.95 Å². The normalized spacial score (nSPS) is 10.6. The first-order valence-corrected chi connectivity index (χ1v) is 7.35. The van der Waals surface area contributed by atoms with Crippen LogP contribution in [0.3, 0.4) is 0 Å². The van der Waals surface area contributed by atoms with Gasteiger partial charge in [-0.25, -0.2) is 4.98 Å². The summed E-state index contributed by atoms with van der Waals surface area (Å²) >= 11 is 1.23. The van der Waals surface area contributed by atoms with Gasteiger partial charge < -0.3 is 0 Å². The number of nitrogens with zero attached hydrogens (tertiary/aromatic N) is 5. The fourth-order valence-electron chi connectivity index (χ4n) is 1.61. The zero-order valence-electron chi connectivity index (χ0n) is 11.6. The van der Waals surface area contributed by atoms with Gasteiger partial charge in [-0.1, -0.05) is 17.8 Å². The van der Waals surface area contributed by atoms with Crippen molar-refractivity contribution in [3.63, 3.8) is 0 Å². The molecule has 22 heavy (non-hydrogen) atoms. The Hall–Kier alpha value is -2.75. The van der Waals surface area contributed by atoms with Crippen molar-refractivity contribution in [1.82, 2.24) is 35.3 Å². The van der Waals surface area contributed by atoms with Gasteiger partial charge in [0.2, 0.25) is 17.0 Å². The second-order valence-electron chi connectivity index (χ2n) is 4.26. The van der Waals surface area contributed by atoms with Crippen LogP contribution in [0.25, 0.3) is 11.5 Å². The van der Waals surface area contributed by atoms with Crippen LogP contribution in [0.1, 0.15) is 5.82 Å². The monoisotopic (exact) mass is 316 g/mol. The Morgan fingerprint density at radius 2 is 2.18 bits per heavy atom. The summed E-state index contributed by atoms with van der Waals surface area (Å²) < 4.78 is 0. The van der Waals surface area contributed by atoms with Crippen LogP contribution in [0.2, 0.25) is 0 Å². The number of carbonyl (C=O) groups excluding carboxylic acids is 1. The predicted molar refractivity (Wildman–Crippen MR) is 80.1 cm³/mol. The third-order valence-corrected chi connectivity index (χ3v) is 3.40. The molecule has 3 heterocycles. The Morgan fingerprint density at radius 1 is 1.27 bits per heavy atom. The largest absolute Gasteiger partial charge is 0.292 e. The van der Waals surface area contributed by atoms with Crippen molar-refractivity contribution in [1.29, 1.82) is 0 Å². The quantitative estimate of drug-likeness (QED) is 0.600. The molecule has 0 saturated heterocycles. The Labute approximate surface area is 129 Å². The van der Waals surface area contributed by atoms with E-state index in [0.29, 0.717) is 22.5 Å². The lowest BCUT2D eigenvalue weighted by Gasteiger charge is -1.98. The van der Waals surface area contributed by atoms with E-state index in [1.807, 2.05) is 12.1 Å². The first-order chi connectivity index (χ1) is 10.7. The molecule has 3 rings (SSSR count). The maximum absolute atomic E-state index is 11.8. The fraction of sp³-hybridized carbons (Fsp3) is 0.167. The lowest BCUT2D eigenvalue weighted by atomic mass is 10.3. The number of carbonyl (C=O) groups is 1. The molecule has 0 aromatic carbocycles. The SMILES string of the molecule is Cc1nc(SCC(=O)Nc2n[nH]c(-c3ccccn3)n2)n[nH]1. The Balaban J connectivity index is 1.57. The number of pyridine rings is 1. The van der Waals surface area contributed by atoms with E-state index in [4.69, 9.17) is 0 Å². The van der Waals surface area contributed by atoms with Gasteiger partial charge in [-0.3, -0.25) is 25.3 Å². The molecule has 112 valence electrons. The van der Waals surface area contributed by atoms with Crippen molar-refractivity contribution >= 4 is 23.6 Å². The van der Waals surface area contributed by atoms with Gasteiger partial charge in [0.15, 0.2) is 5.82 Å². The molecule has 10 heteroatoms. The lowest BCUT2D eigenvalue weighted by molar-refractivity contribution is -0.113. The highest BCUT2D eigenvalue weighted by atomic mass is 32.2. The van der Waals surface area contributed by atoms with Crippen molar-refractivity contribution in [3.05, 3.63) is 30.2 Å². The maximum atomic E-state index is 11.8. The lowest BCUT2D eigenvalue weighted by Crippen LogP contribution is -2.15. The van der Waals surface area contributed by atoms with E-state index in [9.17, 15) is 4.79 Å². The summed E-state index contributed by atoms with van der Waals surface area (Å²) in [4.78, 5) is 24.3. The summed E-state index contributed by atoms with van der Waals surface area (Å²) in [5.41, 5.74) is 0.654. The van der Waals surface area contributed by atoms with Gasteiger partial charge in [-0.15, -0.1) is 10.2 Å². The Morgan fingerprint density at radius 3 is 2.91 bits per heavy atom. The molecule has 0 aliphatic carbocycles. The highest BCUT2D eigenvalue weighted by Crippen LogP contribution is 2.14. The number of H-pyrrole nitrogens is 2. The number of anilines is 1. The summed E-state index contributed by atoms with van der Waals surface area (Å²) in [6, 6.07) is 5.46. The number of nitrogens with one attached hydrogen (secondary N) is 3.